The van der Waals surface area contributed by atoms with Crippen LogP contribution < -0.4 is 9.47 Å². The molecule has 128 valence electrons. The fourth-order valence-corrected chi connectivity index (χ4v) is 2.05. The van der Waals surface area contributed by atoms with E-state index in [0.717, 1.165) is 22.6 Å². The number of rotatable bonds is 7. The average molecular weight is 337 g/mol. The normalized spacial score (nSPS) is 11.8. The van der Waals surface area contributed by atoms with Crippen molar-refractivity contribution in [2.45, 2.75) is 0 Å². The van der Waals surface area contributed by atoms with Crippen LogP contribution in [-0.4, -0.2) is 19.1 Å². The number of allylic oxidation sites excluding steroid dienone is 3. The molecular weight excluding hydrogens is 318 g/mol. The van der Waals surface area contributed by atoms with E-state index in [1.807, 2.05) is 36.4 Å². The van der Waals surface area contributed by atoms with Gasteiger partial charge in [-0.05, 0) is 41.5 Å². The third-order valence-electron chi connectivity index (χ3n) is 3.44. The molecule has 0 bridgehead atoms. The van der Waals surface area contributed by atoms with Gasteiger partial charge in [0.25, 0.3) is 5.70 Å². The molecule has 5 nitrogen and oxygen atoms in total. The van der Waals surface area contributed by atoms with Crippen LogP contribution in [0, 0.1) is 10.1 Å². The predicted molar refractivity (Wildman–Crippen MR) is 99.1 cm³/mol. The van der Waals surface area contributed by atoms with Crippen molar-refractivity contribution < 1.29 is 14.4 Å². The molecule has 0 aliphatic carbocycles. The van der Waals surface area contributed by atoms with E-state index in [0.29, 0.717) is 0 Å². The molecule has 0 aromatic heterocycles. The molecule has 0 N–H and O–H groups in total. The van der Waals surface area contributed by atoms with Gasteiger partial charge in [-0.3, -0.25) is 10.1 Å². The van der Waals surface area contributed by atoms with E-state index >= 15 is 0 Å². The molecule has 2 aromatic rings. The fraction of sp³-hybridized carbons (Fsp3) is 0.100. The van der Waals surface area contributed by atoms with Crippen LogP contribution in [0.15, 0.2) is 72.5 Å². The SMILES string of the molecule is COc1ccc(/C=C/C=C(\C=C\c2ccc(OC)cc2)[N+](=O)[O-])cc1. The molecular formula is C20H19NO4. The van der Waals surface area contributed by atoms with E-state index in [2.05, 4.69) is 0 Å². The first-order valence-corrected chi connectivity index (χ1v) is 7.61. The van der Waals surface area contributed by atoms with E-state index in [1.54, 1.807) is 44.6 Å². The molecule has 0 radical (unpaired) electrons. The molecule has 2 aromatic carbocycles. The second kappa shape index (κ2) is 9.08. The maximum Gasteiger partial charge on any atom is 0.269 e. The standard InChI is InChI=1S/C20H19NO4/c1-24-19-12-7-16(8-13-19)4-3-5-18(21(22)23)11-6-17-9-14-20(25-2)15-10-17/h3-15H,1-2H3/b4-3+,11-6+,18-5+. The minimum atomic E-state index is -0.418. The van der Waals surface area contributed by atoms with Crippen molar-refractivity contribution in [2.24, 2.45) is 0 Å². The van der Waals surface area contributed by atoms with Gasteiger partial charge in [0.1, 0.15) is 11.5 Å². The molecule has 0 amide bonds. The Morgan fingerprint density at radius 1 is 0.880 bits per heavy atom. The van der Waals surface area contributed by atoms with Gasteiger partial charge < -0.3 is 9.47 Å². The first-order valence-electron chi connectivity index (χ1n) is 7.61. The van der Waals surface area contributed by atoms with E-state index in [4.69, 9.17) is 9.47 Å². The first-order chi connectivity index (χ1) is 12.1. The van der Waals surface area contributed by atoms with Crippen LogP contribution in [-0.2, 0) is 0 Å². The topological polar surface area (TPSA) is 61.6 Å². The maximum atomic E-state index is 11.2. The smallest absolute Gasteiger partial charge is 0.269 e. The number of hydrogen-bond donors (Lipinski definition) is 0. The van der Waals surface area contributed by atoms with Gasteiger partial charge in [-0.2, -0.15) is 0 Å². The Kier molecular flexibility index (Phi) is 6.54. The Bertz CT molecular complexity index is 787. The second-order valence-electron chi connectivity index (χ2n) is 5.09. The van der Waals surface area contributed by atoms with Gasteiger partial charge in [0.2, 0.25) is 0 Å². The third kappa shape index (κ3) is 5.66. The summed E-state index contributed by atoms with van der Waals surface area (Å²) in [6.07, 6.45) is 8.07. The summed E-state index contributed by atoms with van der Waals surface area (Å²) in [6, 6.07) is 14.7. The Morgan fingerprint density at radius 2 is 1.36 bits per heavy atom. The monoisotopic (exact) mass is 337 g/mol. The van der Waals surface area contributed by atoms with Crippen molar-refractivity contribution in [3.05, 3.63) is 93.7 Å². The van der Waals surface area contributed by atoms with Gasteiger partial charge in [-0.1, -0.05) is 36.4 Å². The summed E-state index contributed by atoms with van der Waals surface area (Å²) in [7, 11) is 3.19. The summed E-state index contributed by atoms with van der Waals surface area (Å²) < 4.78 is 10.2. The highest BCUT2D eigenvalue weighted by molar-refractivity contribution is 5.55. The fourth-order valence-electron chi connectivity index (χ4n) is 2.05. The van der Waals surface area contributed by atoms with Crippen molar-refractivity contribution in [1.82, 2.24) is 0 Å². The summed E-state index contributed by atoms with van der Waals surface area (Å²) in [5, 5.41) is 11.2. The number of hydrogen-bond acceptors (Lipinski definition) is 4. The number of benzene rings is 2. The molecule has 0 spiro atoms. The third-order valence-corrected chi connectivity index (χ3v) is 3.44. The highest BCUT2D eigenvalue weighted by Crippen LogP contribution is 2.14. The molecule has 0 aliphatic heterocycles. The lowest BCUT2D eigenvalue weighted by molar-refractivity contribution is -0.418. The molecule has 5 heteroatoms. The van der Waals surface area contributed by atoms with Gasteiger partial charge >= 0.3 is 0 Å². The highest BCUT2D eigenvalue weighted by atomic mass is 16.6. The summed E-state index contributed by atoms with van der Waals surface area (Å²) in [6.45, 7) is 0. The number of ether oxygens (including phenoxy) is 2. The quantitative estimate of drug-likeness (QED) is 0.421. The molecule has 0 aliphatic rings. The van der Waals surface area contributed by atoms with Crippen LogP contribution in [0.2, 0.25) is 0 Å². The predicted octanol–water partition coefficient (Wildman–Crippen LogP) is 4.59. The molecule has 25 heavy (non-hydrogen) atoms. The van der Waals surface area contributed by atoms with E-state index in [-0.39, 0.29) is 5.70 Å². The molecule has 0 unspecified atom stereocenters. The molecule has 0 atom stereocenters. The van der Waals surface area contributed by atoms with Crippen molar-refractivity contribution in [3.63, 3.8) is 0 Å². The minimum Gasteiger partial charge on any atom is -0.497 e. The molecule has 0 saturated heterocycles. The van der Waals surface area contributed by atoms with Crippen LogP contribution in [0.3, 0.4) is 0 Å². The largest absolute Gasteiger partial charge is 0.497 e. The zero-order chi connectivity index (χ0) is 18.1. The lowest BCUT2D eigenvalue weighted by atomic mass is 10.2. The Balaban J connectivity index is 2.10. The van der Waals surface area contributed by atoms with Crippen molar-refractivity contribution in [3.8, 4) is 11.5 Å². The highest BCUT2D eigenvalue weighted by Gasteiger charge is 2.03. The van der Waals surface area contributed by atoms with Crippen LogP contribution in [0.1, 0.15) is 11.1 Å². The lowest BCUT2D eigenvalue weighted by Crippen LogP contribution is -1.94. The van der Waals surface area contributed by atoms with Crippen molar-refractivity contribution >= 4 is 12.2 Å². The van der Waals surface area contributed by atoms with Gasteiger partial charge in [0.15, 0.2) is 0 Å². The van der Waals surface area contributed by atoms with Gasteiger partial charge in [0.05, 0.1) is 19.1 Å². The summed E-state index contributed by atoms with van der Waals surface area (Å²) in [4.78, 5) is 10.7. The van der Waals surface area contributed by atoms with E-state index in [1.165, 1.54) is 12.2 Å². The first kappa shape index (κ1) is 18.0. The molecule has 0 saturated carbocycles. The molecule has 0 fully saturated rings. The van der Waals surface area contributed by atoms with E-state index in [9.17, 15) is 10.1 Å². The Hall–Kier alpha value is -3.34. The number of nitrogens with zero attached hydrogens (tertiary/aromatic N) is 1. The zero-order valence-corrected chi connectivity index (χ0v) is 14.1. The van der Waals surface area contributed by atoms with E-state index < -0.39 is 4.92 Å². The van der Waals surface area contributed by atoms with Crippen LogP contribution in [0.25, 0.3) is 12.2 Å². The molecule has 2 rings (SSSR count). The van der Waals surface area contributed by atoms with Gasteiger partial charge in [-0.25, -0.2) is 0 Å². The van der Waals surface area contributed by atoms with Gasteiger partial charge in [0, 0.05) is 12.2 Å². The zero-order valence-electron chi connectivity index (χ0n) is 14.1. The average Bonchev–Trinajstić information content (AvgIpc) is 2.65. The Labute approximate surface area is 146 Å². The van der Waals surface area contributed by atoms with Crippen LogP contribution >= 0.6 is 0 Å². The van der Waals surface area contributed by atoms with Crippen LogP contribution in [0.5, 0.6) is 11.5 Å². The number of nitro groups is 1. The Morgan fingerprint density at radius 3 is 1.80 bits per heavy atom. The molecule has 0 heterocycles. The summed E-state index contributed by atoms with van der Waals surface area (Å²) in [5.41, 5.74) is 1.78. The van der Waals surface area contributed by atoms with Crippen molar-refractivity contribution in [1.29, 1.82) is 0 Å². The van der Waals surface area contributed by atoms with Crippen molar-refractivity contribution in [2.75, 3.05) is 14.2 Å². The minimum absolute atomic E-state index is 0.000537. The van der Waals surface area contributed by atoms with Gasteiger partial charge in [-0.15, -0.1) is 0 Å². The summed E-state index contributed by atoms with van der Waals surface area (Å²) >= 11 is 0. The maximum absolute atomic E-state index is 11.2. The van der Waals surface area contributed by atoms with Crippen LogP contribution in [0.4, 0.5) is 0 Å². The number of methoxy groups -OCH3 is 2. The lowest BCUT2D eigenvalue weighted by Gasteiger charge is -1.99. The second-order valence-corrected chi connectivity index (χ2v) is 5.09. The summed E-state index contributed by atoms with van der Waals surface area (Å²) in [5.74, 6) is 1.51.